The molecule has 1 amide bonds. The van der Waals surface area contributed by atoms with Crippen LogP contribution in [0.4, 0.5) is 0 Å². The molecule has 1 saturated carbocycles. The van der Waals surface area contributed by atoms with Gasteiger partial charge in [-0.05, 0) is 18.8 Å². The number of hydrogen-bond donors (Lipinski definition) is 1. The Morgan fingerprint density at radius 3 is 2.71 bits per heavy atom. The Balaban J connectivity index is 1.88. The second kappa shape index (κ2) is 1.96. The molecular weight excluding hydrogens is 90.1 g/mol. The maximum atomic E-state index is 9.59. The lowest BCUT2D eigenvalue weighted by molar-refractivity contribution is -0.109. The summed E-state index contributed by atoms with van der Waals surface area (Å²) in [6, 6.07) is 0. The van der Waals surface area contributed by atoms with Gasteiger partial charge in [-0.3, -0.25) is 4.79 Å². The van der Waals surface area contributed by atoms with Crippen LogP contribution in [0.15, 0.2) is 0 Å². The molecule has 1 aliphatic rings. The zero-order valence-corrected chi connectivity index (χ0v) is 4.05. The van der Waals surface area contributed by atoms with Crippen molar-refractivity contribution >= 4 is 6.41 Å². The first kappa shape index (κ1) is 4.62. The normalized spacial score (nSPS) is 18.9. The summed E-state index contributed by atoms with van der Waals surface area (Å²) in [7, 11) is 0. The standard InChI is InChI=1S/C5H8NO/c7-4-6-3-5-1-2-5/h3-5H,1-2H2,(H,6,7). The Kier molecular flexibility index (Phi) is 1.29. The van der Waals surface area contributed by atoms with E-state index in [1.165, 1.54) is 12.8 Å². The van der Waals surface area contributed by atoms with Gasteiger partial charge in [-0.25, -0.2) is 0 Å². The van der Waals surface area contributed by atoms with Crippen molar-refractivity contribution in [1.29, 1.82) is 0 Å². The van der Waals surface area contributed by atoms with Crippen LogP contribution < -0.4 is 5.32 Å². The van der Waals surface area contributed by atoms with Crippen molar-refractivity contribution in [2.24, 2.45) is 5.92 Å². The third-order valence-corrected chi connectivity index (χ3v) is 1.02. The van der Waals surface area contributed by atoms with Gasteiger partial charge in [0.25, 0.3) is 0 Å². The predicted octanol–water partition coefficient (Wildman–Crippen LogP) is 0.304. The zero-order chi connectivity index (χ0) is 5.11. The van der Waals surface area contributed by atoms with Gasteiger partial charge in [-0.2, -0.15) is 0 Å². The van der Waals surface area contributed by atoms with Gasteiger partial charge in [0.1, 0.15) is 0 Å². The molecule has 0 aliphatic heterocycles. The van der Waals surface area contributed by atoms with Crippen LogP contribution >= 0.6 is 0 Å². The maximum Gasteiger partial charge on any atom is 0.207 e. The predicted molar refractivity (Wildman–Crippen MR) is 26.2 cm³/mol. The quantitative estimate of drug-likeness (QED) is 0.505. The van der Waals surface area contributed by atoms with E-state index in [-0.39, 0.29) is 0 Å². The van der Waals surface area contributed by atoms with Crippen molar-refractivity contribution in [3.63, 3.8) is 0 Å². The smallest absolute Gasteiger partial charge is 0.207 e. The van der Waals surface area contributed by atoms with Gasteiger partial charge in [-0.1, -0.05) is 0 Å². The highest BCUT2D eigenvalue weighted by molar-refractivity contribution is 5.47. The minimum Gasteiger partial charge on any atom is -0.354 e. The van der Waals surface area contributed by atoms with Crippen LogP contribution in [0.2, 0.25) is 0 Å². The number of rotatable bonds is 3. The molecule has 1 radical (unpaired) electrons. The van der Waals surface area contributed by atoms with Gasteiger partial charge < -0.3 is 5.32 Å². The van der Waals surface area contributed by atoms with Crippen LogP contribution in [-0.2, 0) is 4.79 Å². The lowest BCUT2D eigenvalue weighted by Gasteiger charge is -1.87. The van der Waals surface area contributed by atoms with E-state index in [9.17, 15) is 4.79 Å². The summed E-state index contributed by atoms with van der Waals surface area (Å²) < 4.78 is 0. The van der Waals surface area contributed by atoms with Gasteiger partial charge in [0.15, 0.2) is 0 Å². The van der Waals surface area contributed by atoms with Crippen molar-refractivity contribution < 1.29 is 4.79 Å². The van der Waals surface area contributed by atoms with Gasteiger partial charge in [0.05, 0.1) is 6.54 Å². The third-order valence-electron chi connectivity index (χ3n) is 1.02. The fourth-order valence-corrected chi connectivity index (χ4v) is 0.438. The molecule has 0 bridgehead atoms. The Labute approximate surface area is 42.9 Å². The summed E-state index contributed by atoms with van der Waals surface area (Å²) in [6.07, 6.45) is 3.21. The molecule has 1 N–H and O–H groups in total. The summed E-state index contributed by atoms with van der Waals surface area (Å²) in [5, 5.41) is 2.50. The average Bonchev–Trinajstić information content (AvgIpc) is 2.42. The van der Waals surface area contributed by atoms with E-state index < -0.39 is 0 Å². The summed E-state index contributed by atoms with van der Waals surface area (Å²) in [5.41, 5.74) is 0. The molecule has 0 spiro atoms. The molecule has 0 aromatic carbocycles. The molecule has 1 rings (SSSR count). The molecule has 7 heavy (non-hydrogen) atoms. The van der Waals surface area contributed by atoms with Crippen molar-refractivity contribution in [1.82, 2.24) is 5.32 Å². The molecule has 1 fully saturated rings. The first-order chi connectivity index (χ1) is 3.43. The fraction of sp³-hybridized carbons (Fsp3) is 0.600. The lowest BCUT2D eigenvalue weighted by Crippen LogP contribution is -2.06. The summed E-state index contributed by atoms with van der Waals surface area (Å²) in [4.78, 5) is 9.59. The number of nitrogens with one attached hydrogen (secondary N) is 1. The van der Waals surface area contributed by atoms with E-state index in [1.807, 2.05) is 6.54 Å². The van der Waals surface area contributed by atoms with Crippen LogP contribution in [0.3, 0.4) is 0 Å². The third kappa shape index (κ3) is 1.57. The molecule has 0 aromatic rings. The molecule has 0 atom stereocenters. The summed E-state index contributed by atoms with van der Waals surface area (Å²) in [6.45, 7) is 1.84. The largest absolute Gasteiger partial charge is 0.354 e. The van der Waals surface area contributed by atoms with E-state index in [2.05, 4.69) is 5.32 Å². The van der Waals surface area contributed by atoms with Crippen molar-refractivity contribution in [2.75, 3.05) is 0 Å². The second-order valence-corrected chi connectivity index (χ2v) is 1.79. The SMILES string of the molecule is O=CN[CH]C1CC1. The first-order valence-corrected chi connectivity index (χ1v) is 2.46. The summed E-state index contributed by atoms with van der Waals surface area (Å²) >= 11 is 0. The Morgan fingerprint density at radius 1 is 1.57 bits per heavy atom. The highest BCUT2D eigenvalue weighted by atomic mass is 16.1. The van der Waals surface area contributed by atoms with Crippen molar-refractivity contribution in [3.8, 4) is 0 Å². The van der Waals surface area contributed by atoms with Crippen molar-refractivity contribution in [3.05, 3.63) is 6.54 Å². The molecule has 0 saturated heterocycles. The van der Waals surface area contributed by atoms with E-state index in [0.29, 0.717) is 12.3 Å². The molecule has 1 aliphatic carbocycles. The topological polar surface area (TPSA) is 29.1 Å². The van der Waals surface area contributed by atoms with Gasteiger partial charge in [0.2, 0.25) is 6.41 Å². The number of amides is 1. The van der Waals surface area contributed by atoms with Crippen LogP contribution in [0, 0.1) is 12.5 Å². The van der Waals surface area contributed by atoms with Gasteiger partial charge in [0, 0.05) is 0 Å². The monoisotopic (exact) mass is 98.1 g/mol. The zero-order valence-electron chi connectivity index (χ0n) is 4.05. The van der Waals surface area contributed by atoms with Crippen LogP contribution in [0.1, 0.15) is 12.8 Å². The first-order valence-electron chi connectivity index (χ1n) is 2.46. The van der Waals surface area contributed by atoms with Crippen molar-refractivity contribution in [2.45, 2.75) is 12.8 Å². The molecule has 2 nitrogen and oxygen atoms in total. The van der Waals surface area contributed by atoms with Crippen LogP contribution in [0.25, 0.3) is 0 Å². The highest BCUT2D eigenvalue weighted by Crippen LogP contribution is 2.29. The van der Waals surface area contributed by atoms with E-state index in [0.717, 1.165) is 0 Å². The van der Waals surface area contributed by atoms with E-state index >= 15 is 0 Å². The Hall–Kier alpha value is -0.530. The fourth-order valence-electron chi connectivity index (χ4n) is 0.438. The lowest BCUT2D eigenvalue weighted by atomic mass is 10.4. The second-order valence-electron chi connectivity index (χ2n) is 1.79. The van der Waals surface area contributed by atoms with Crippen LogP contribution in [-0.4, -0.2) is 6.41 Å². The van der Waals surface area contributed by atoms with E-state index in [4.69, 9.17) is 0 Å². The number of hydrogen-bond acceptors (Lipinski definition) is 1. The minimum atomic E-state index is 0.685. The highest BCUT2D eigenvalue weighted by Gasteiger charge is 2.20. The van der Waals surface area contributed by atoms with Crippen LogP contribution in [0.5, 0.6) is 0 Å². The number of carbonyl (C=O) groups excluding carboxylic acids is 1. The molecule has 2 heteroatoms. The minimum absolute atomic E-state index is 0.685. The maximum absolute atomic E-state index is 9.59. The average molecular weight is 98.1 g/mol. The summed E-state index contributed by atoms with van der Waals surface area (Å²) in [5.74, 6) is 0.685. The Bertz CT molecular complexity index is 68.5. The molecule has 39 valence electrons. The Morgan fingerprint density at radius 2 is 2.29 bits per heavy atom. The number of carbonyl (C=O) groups is 1. The molecule has 0 aromatic heterocycles. The molecular formula is C5H8NO. The van der Waals surface area contributed by atoms with E-state index in [1.54, 1.807) is 0 Å². The van der Waals surface area contributed by atoms with Gasteiger partial charge in [-0.15, -0.1) is 0 Å². The molecule has 0 unspecified atom stereocenters. The molecule has 0 heterocycles. The van der Waals surface area contributed by atoms with Gasteiger partial charge >= 0.3 is 0 Å².